The Morgan fingerprint density at radius 2 is 1.26 bits per heavy atom. The minimum Gasteiger partial charge on any atom is -0.394 e. The van der Waals surface area contributed by atoms with Gasteiger partial charge in [-0.2, -0.15) is 0 Å². The molecule has 4 aromatic rings. The van der Waals surface area contributed by atoms with Gasteiger partial charge in [-0.25, -0.2) is 15.0 Å². The molecule has 0 saturated carbocycles. The Balaban J connectivity index is 1.21. The van der Waals surface area contributed by atoms with Crippen molar-refractivity contribution in [3.63, 3.8) is 0 Å². The molecule has 0 bridgehead atoms. The standard InChI is InChI=1S/C44H68N5O7P/c1-2-3-4-5-6-7-8-9-10-11-12-13-14-15-16-23-28-52-33-41(53-31-38-24-19-17-20-25-38)34-56-57(51,55-32-39-26-21-18-22-27-39)37-54-40(30-50)29-49-36-48-42-43(45)46-35-47-44(42)49/h17-22,24-27,35-36,40-41,50H,2-16,23,28-34,37H2,1H3,(H2,45,46,47). The number of anilines is 1. The predicted octanol–water partition coefficient (Wildman–Crippen LogP) is 10.0. The number of ether oxygens (including phenoxy) is 3. The van der Waals surface area contributed by atoms with Gasteiger partial charge >= 0.3 is 7.60 Å². The summed E-state index contributed by atoms with van der Waals surface area (Å²) in [6.45, 7) is 3.37. The fraction of sp³-hybridized carbons (Fsp3) is 0.614. The van der Waals surface area contributed by atoms with Crippen LogP contribution >= 0.6 is 7.60 Å². The molecule has 4 rings (SSSR count). The number of rotatable bonds is 34. The van der Waals surface area contributed by atoms with E-state index in [4.69, 9.17) is 29.0 Å². The molecule has 0 aliphatic carbocycles. The van der Waals surface area contributed by atoms with Crippen molar-refractivity contribution in [2.75, 3.05) is 38.5 Å². The van der Waals surface area contributed by atoms with Crippen molar-refractivity contribution >= 4 is 24.6 Å². The van der Waals surface area contributed by atoms with Crippen LogP contribution in [0.5, 0.6) is 0 Å². The van der Waals surface area contributed by atoms with Gasteiger partial charge in [0.25, 0.3) is 0 Å². The maximum absolute atomic E-state index is 14.3. The number of benzene rings is 2. The summed E-state index contributed by atoms with van der Waals surface area (Å²) in [6, 6.07) is 19.3. The van der Waals surface area contributed by atoms with Gasteiger partial charge < -0.3 is 38.7 Å². The van der Waals surface area contributed by atoms with Gasteiger partial charge in [0.2, 0.25) is 0 Å². The number of nitrogens with two attached hydrogens (primary N) is 1. The van der Waals surface area contributed by atoms with Crippen molar-refractivity contribution in [1.82, 2.24) is 19.5 Å². The molecular weight excluding hydrogens is 741 g/mol. The van der Waals surface area contributed by atoms with E-state index in [1.54, 1.807) is 10.9 Å². The number of unbranched alkanes of at least 4 members (excludes halogenated alkanes) is 15. The Morgan fingerprint density at radius 3 is 1.86 bits per heavy atom. The van der Waals surface area contributed by atoms with Crippen molar-refractivity contribution in [3.8, 4) is 0 Å². The van der Waals surface area contributed by atoms with E-state index in [0.29, 0.717) is 24.4 Å². The zero-order valence-electron chi connectivity index (χ0n) is 34.3. The number of hydrogen-bond acceptors (Lipinski definition) is 11. The first kappa shape index (κ1) is 46.5. The summed E-state index contributed by atoms with van der Waals surface area (Å²) in [6.07, 6.45) is 22.4. The van der Waals surface area contributed by atoms with Crippen LogP contribution in [-0.2, 0) is 47.6 Å². The van der Waals surface area contributed by atoms with Crippen LogP contribution < -0.4 is 5.73 Å². The van der Waals surface area contributed by atoms with E-state index in [1.807, 2.05) is 60.7 Å². The number of hydrogen-bond donors (Lipinski definition) is 2. The highest BCUT2D eigenvalue weighted by molar-refractivity contribution is 7.53. The average Bonchev–Trinajstić information content (AvgIpc) is 3.66. The van der Waals surface area contributed by atoms with Gasteiger partial charge in [0.05, 0.1) is 52.0 Å². The molecule has 3 N–H and O–H groups in total. The second-order valence-electron chi connectivity index (χ2n) is 14.9. The largest absolute Gasteiger partial charge is 0.394 e. The van der Waals surface area contributed by atoms with Crippen LogP contribution in [0, 0.1) is 0 Å². The molecule has 0 saturated heterocycles. The normalized spacial score (nSPS) is 13.9. The van der Waals surface area contributed by atoms with Crippen molar-refractivity contribution < 1.29 is 32.9 Å². The van der Waals surface area contributed by atoms with E-state index >= 15 is 0 Å². The lowest BCUT2D eigenvalue weighted by Crippen LogP contribution is -2.27. The maximum atomic E-state index is 14.3. The monoisotopic (exact) mass is 809 g/mol. The van der Waals surface area contributed by atoms with Gasteiger partial charge in [0.1, 0.15) is 24.3 Å². The van der Waals surface area contributed by atoms with Crippen LogP contribution in [0.2, 0.25) is 0 Å². The number of aromatic nitrogens is 4. The van der Waals surface area contributed by atoms with Gasteiger partial charge in [-0.3, -0.25) is 4.57 Å². The fourth-order valence-electron chi connectivity index (χ4n) is 6.57. The summed E-state index contributed by atoms with van der Waals surface area (Å²) >= 11 is 0. The molecule has 2 aromatic heterocycles. The molecule has 13 heteroatoms. The van der Waals surface area contributed by atoms with Gasteiger partial charge in [-0.05, 0) is 17.5 Å². The van der Waals surface area contributed by atoms with Gasteiger partial charge in [0.15, 0.2) is 11.5 Å². The fourth-order valence-corrected chi connectivity index (χ4v) is 7.92. The van der Waals surface area contributed by atoms with Crippen molar-refractivity contribution in [2.45, 2.75) is 142 Å². The molecule has 0 aliphatic heterocycles. The number of nitrogens with zero attached hydrogens (tertiary/aromatic N) is 4. The highest BCUT2D eigenvalue weighted by atomic mass is 31.2. The number of aliphatic hydroxyl groups is 1. The van der Waals surface area contributed by atoms with Crippen molar-refractivity contribution in [2.24, 2.45) is 0 Å². The Hall–Kier alpha value is -3.22. The first-order chi connectivity index (χ1) is 28.0. The third-order valence-electron chi connectivity index (χ3n) is 10.0. The summed E-state index contributed by atoms with van der Waals surface area (Å²) in [7, 11) is -3.87. The lowest BCUT2D eigenvalue weighted by Gasteiger charge is -2.25. The quantitative estimate of drug-likeness (QED) is 0.0342. The molecule has 3 unspecified atom stereocenters. The molecule has 0 amide bonds. The minimum absolute atomic E-state index is 0.0344. The molecule has 0 aliphatic rings. The molecule has 12 nitrogen and oxygen atoms in total. The summed E-state index contributed by atoms with van der Waals surface area (Å²) in [5, 5.41) is 10.2. The van der Waals surface area contributed by atoms with Crippen LogP contribution in [0.3, 0.4) is 0 Å². The van der Waals surface area contributed by atoms with Crippen LogP contribution in [-0.4, -0.2) is 69.6 Å². The minimum atomic E-state index is -3.87. The van der Waals surface area contributed by atoms with Crippen LogP contribution in [0.1, 0.15) is 121 Å². The highest BCUT2D eigenvalue weighted by Crippen LogP contribution is 2.49. The smallest absolute Gasteiger partial charge is 0.356 e. The highest BCUT2D eigenvalue weighted by Gasteiger charge is 2.29. The Bertz CT molecular complexity index is 1650. The second kappa shape index (κ2) is 28.2. The Labute approximate surface area is 340 Å². The summed E-state index contributed by atoms with van der Waals surface area (Å²) in [5.41, 5.74) is 8.74. The van der Waals surface area contributed by atoms with E-state index in [2.05, 4.69) is 21.9 Å². The number of nitrogen functional groups attached to an aromatic ring is 1. The molecule has 0 fully saturated rings. The van der Waals surface area contributed by atoms with Crippen LogP contribution in [0.15, 0.2) is 73.3 Å². The zero-order chi connectivity index (χ0) is 40.2. The molecule has 0 radical (unpaired) electrons. The molecule has 3 atom stereocenters. The van der Waals surface area contributed by atoms with E-state index in [-0.39, 0.29) is 45.1 Å². The van der Waals surface area contributed by atoms with Gasteiger partial charge in [-0.15, -0.1) is 0 Å². The first-order valence-electron chi connectivity index (χ1n) is 21.3. The van der Waals surface area contributed by atoms with E-state index in [0.717, 1.165) is 24.0 Å². The molecule has 2 heterocycles. The third kappa shape index (κ3) is 18.9. The topological polar surface area (TPSA) is 153 Å². The zero-order valence-corrected chi connectivity index (χ0v) is 35.2. The maximum Gasteiger partial charge on any atom is 0.356 e. The van der Waals surface area contributed by atoms with E-state index in [9.17, 15) is 9.67 Å². The number of imidazole rings is 1. The number of fused-ring (bicyclic) bond motifs is 1. The molecule has 316 valence electrons. The Morgan fingerprint density at radius 1 is 0.684 bits per heavy atom. The molecule has 57 heavy (non-hydrogen) atoms. The third-order valence-corrected chi connectivity index (χ3v) is 11.5. The molecule has 2 aromatic carbocycles. The Kier molecular flexibility index (Phi) is 23.0. The predicted molar refractivity (Wildman–Crippen MR) is 227 cm³/mol. The molecule has 0 spiro atoms. The summed E-state index contributed by atoms with van der Waals surface area (Å²) < 4.78 is 46.4. The van der Waals surface area contributed by atoms with Crippen molar-refractivity contribution in [1.29, 1.82) is 0 Å². The summed E-state index contributed by atoms with van der Waals surface area (Å²) in [5.74, 6) is 0.255. The van der Waals surface area contributed by atoms with Crippen molar-refractivity contribution in [3.05, 3.63) is 84.4 Å². The SMILES string of the molecule is CCCCCCCCCCCCCCCCCCOCC(COP(=O)(COC(CO)Cn1cnc2c(N)ncnc21)OCc1ccccc1)OCc1ccccc1. The average molecular weight is 810 g/mol. The summed E-state index contributed by atoms with van der Waals surface area (Å²) in [4.78, 5) is 12.5. The second-order valence-corrected chi connectivity index (χ2v) is 16.9. The van der Waals surface area contributed by atoms with E-state index < -0.39 is 19.8 Å². The van der Waals surface area contributed by atoms with Gasteiger partial charge in [0, 0.05) is 6.61 Å². The van der Waals surface area contributed by atoms with Gasteiger partial charge in [-0.1, -0.05) is 164 Å². The first-order valence-corrected chi connectivity index (χ1v) is 23.0. The van der Waals surface area contributed by atoms with Crippen LogP contribution in [0.4, 0.5) is 5.82 Å². The molecular formula is C44H68N5O7P. The lowest BCUT2D eigenvalue weighted by molar-refractivity contribution is -0.0504. The lowest BCUT2D eigenvalue weighted by atomic mass is 10.0. The van der Waals surface area contributed by atoms with E-state index in [1.165, 1.54) is 96.2 Å². The van der Waals surface area contributed by atoms with Crippen LogP contribution in [0.25, 0.3) is 11.2 Å². The number of aliphatic hydroxyl groups excluding tert-OH is 1.